The van der Waals surface area contributed by atoms with E-state index < -0.39 is 35.7 Å². The van der Waals surface area contributed by atoms with Crippen LogP contribution in [0.1, 0.15) is 13.8 Å². The number of anilines is 1. The summed E-state index contributed by atoms with van der Waals surface area (Å²) in [6.45, 7) is 3.59. The quantitative estimate of drug-likeness (QED) is 0.826. The third kappa shape index (κ3) is 3.87. The predicted octanol–water partition coefficient (Wildman–Crippen LogP) is 1.01. The third-order valence-electron chi connectivity index (χ3n) is 3.96. The number of rotatable bonds is 3. The fourth-order valence-corrected chi connectivity index (χ4v) is 2.60. The van der Waals surface area contributed by atoms with Crippen molar-refractivity contribution in [2.45, 2.75) is 13.8 Å². The van der Waals surface area contributed by atoms with Gasteiger partial charge in [0.15, 0.2) is 0 Å². The molecule has 0 spiro atoms. The van der Waals surface area contributed by atoms with Crippen molar-refractivity contribution in [3.05, 3.63) is 29.8 Å². The number of carbonyl (C=O) groups excluding carboxylic acids is 3. The van der Waals surface area contributed by atoms with Crippen LogP contribution in [0.15, 0.2) is 18.2 Å². The predicted molar refractivity (Wildman–Crippen MR) is 83.2 cm³/mol. The molecule has 1 aliphatic rings. The van der Waals surface area contributed by atoms with Crippen LogP contribution in [-0.2, 0) is 14.4 Å². The van der Waals surface area contributed by atoms with Gasteiger partial charge in [-0.1, -0.05) is 6.07 Å². The molecule has 1 saturated heterocycles. The number of halogens is 2. The van der Waals surface area contributed by atoms with Gasteiger partial charge in [0.1, 0.15) is 23.9 Å². The van der Waals surface area contributed by atoms with Crippen LogP contribution < -0.4 is 4.90 Å². The molecule has 1 heterocycles. The van der Waals surface area contributed by atoms with Gasteiger partial charge in [0, 0.05) is 40.0 Å². The molecule has 2 rings (SSSR count). The average molecular weight is 339 g/mol. The number of benzene rings is 1. The lowest BCUT2D eigenvalue weighted by Gasteiger charge is -2.35. The van der Waals surface area contributed by atoms with E-state index in [1.54, 1.807) is 4.90 Å². The van der Waals surface area contributed by atoms with Crippen LogP contribution in [0.2, 0.25) is 0 Å². The first-order chi connectivity index (χ1) is 11.3. The molecule has 0 saturated carbocycles. The van der Waals surface area contributed by atoms with Gasteiger partial charge in [0.2, 0.25) is 17.7 Å². The zero-order valence-electron chi connectivity index (χ0n) is 13.6. The highest BCUT2D eigenvalue weighted by molar-refractivity contribution is 5.97. The van der Waals surface area contributed by atoms with E-state index in [9.17, 15) is 23.2 Å². The lowest BCUT2D eigenvalue weighted by atomic mass is 10.2. The molecule has 130 valence electrons. The van der Waals surface area contributed by atoms with Crippen LogP contribution in [0.25, 0.3) is 0 Å². The van der Waals surface area contributed by atoms with Gasteiger partial charge in [0.25, 0.3) is 0 Å². The fraction of sp³-hybridized carbons (Fsp3) is 0.438. The van der Waals surface area contributed by atoms with Crippen molar-refractivity contribution in [3.63, 3.8) is 0 Å². The maximum atomic E-state index is 13.9. The Labute approximate surface area is 138 Å². The molecule has 6 nitrogen and oxygen atoms in total. The van der Waals surface area contributed by atoms with Crippen molar-refractivity contribution >= 4 is 23.4 Å². The van der Waals surface area contributed by atoms with E-state index in [2.05, 4.69) is 0 Å². The Morgan fingerprint density at radius 3 is 1.96 bits per heavy atom. The number of amides is 3. The first-order valence-electron chi connectivity index (χ1n) is 7.56. The molecule has 1 aliphatic heterocycles. The standard InChI is InChI=1S/C16H19F2N3O3/c1-11(22)19-6-8-20(9-7-19)15(24)10-21(12(2)23)16-13(17)4-3-5-14(16)18/h3-5H,6-10H2,1-2H3. The molecule has 1 aromatic rings. The van der Waals surface area contributed by atoms with Crippen molar-refractivity contribution in [2.75, 3.05) is 37.6 Å². The molecular weight excluding hydrogens is 320 g/mol. The number of hydrogen-bond acceptors (Lipinski definition) is 3. The number of nitrogens with zero attached hydrogens (tertiary/aromatic N) is 3. The van der Waals surface area contributed by atoms with Gasteiger partial charge in [-0.15, -0.1) is 0 Å². The van der Waals surface area contributed by atoms with E-state index in [4.69, 9.17) is 0 Å². The number of carbonyl (C=O) groups is 3. The summed E-state index contributed by atoms with van der Waals surface area (Å²) in [4.78, 5) is 39.3. The average Bonchev–Trinajstić information content (AvgIpc) is 2.53. The first-order valence-corrected chi connectivity index (χ1v) is 7.56. The molecule has 0 radical (unpaired) electrons. The summed E-state index contributed by atoms with van der Waals surface area (Å²) in [5.41, 5.74) is -0.527. The van der Waals surface area contributed by atoms with E-state index in [-0.39, 0.29) is 5.91 Å². The maximum absolute atomic E-state index is 13.9. The molecule has 1 aromatic carbocycles. The van der Waals surface area contributed by atoms with E-state index in [0.29, 0.717) is 26.2 Å². The van der Waals surface area contributed by atoms with Gasteiger partial charge in [-0.25, -0.2) is 8.78 Å². The Morgan fingerprint density at radius 2 is 1.50 bits per heavy atom. The topological polar surface area (TPSA) is 60.9 Å². The summed E-state index contributed by atoms with van der Waals surface area (Å²) >= 11 is 0. The van der Waals surface area contributed by atoms with Crippen molar-refractivity contribution in [1.29, 1.82) is 0 Å². The summed E-state index contributed by atoms with van der Waals surface area (Å²) in [6, 6.07) is 3.25. The lowest BCUT2D eigenvalue weighted by Crippen LogP contribution is -2.52. The van der Waals surface area contributed by atoms with Gasteiger partial charge in [-0.3, -0.25) is 19.3 Å². The molecule has 0 N–H and O–H groups in total. The normalized spacial score (nSPS) is 14.5. The van der Waals surface area contributed by atoms with E-state index in [1.165, 1.54) is 17.9 Å². The fourth-order valence-electron chi connectivity index (χ4n) is 2.60. The van der Waals surface area contributed by atoms with Gasteiger partial charge in [-0.05, 0) is 12.1 Å². The second-order valence-electron chi connectivity index (χ2n) is 5.56. The Morgan fingerprint density at radius 1 is 1.00 bits per heavy atom. The second-order valence-corrected chi connectivity index (χ2v) is 5.56. The van der Waals surface area contributed by atoms with Crippen LogP contribution in [0.3, 0.4) is 0 Å². The van der Waals surface area contributed by atoms with Crippen molar-refractivity contribution in [2.24, 2.45) is 0 Å². The summed E-state index contributed by atoms with van der Waals surface area (Å²) in [7, 11) is 0. The minimum atomic E-state index is -0.903. The molecule has 0 bridgehead atoms. The molecular formula is C16H19F2N3O3. The highest BCUT2D eigenvalue weighted by Crippen LogP contribution is 2.23. The summed E-state index contributed by atoms with van der Waals surface area (Å²) in [5.74, 6) is -2.93. The van der Waals surface area contributed by atoms with Crippen LogP contribution in [0, 0.1) is 11.6 Å². The molecule has 0 aromatic heterocycles. The lowest BCUT2D eigenvalue weighted by molar-refractivity contribution is -0.137. The first kappa shape index (κ1) is 17.8. The molecule has 0 unspecified atom stereocenters. The van der Waals surface area contributed by atoms with Crippen LogP contribution in [0.5, 0.6) is 0 Å². The molecule has 1 fully saturated rings. The molecule has 3 amide bonds. The minimum absolute atomic E-state index is 0.0686. The molecule has 0 atom stereocenters. The zero-order valence-corrected chi connectivity index (χ0v) is 13.6. The van der Waals surface area contributed by atoms with Gasteiger partial charge in [-0.2, -0.15) is 0 Å². The van der Waals surface area contributed by atoms with E-state index in [0.717, 1.165) is 24.0 Å². The highest BCUT2D eigenvalue weighted by Gasteiger charge is 2.27. The number of piperazine rings is 1. The minimum Gasteiger partial charge on any atom is -0.339 e. The van der Waals surface area contributed by atoms with Crippen LogP contribution in [0.4, 0.5) is 14.5 Å². The summed E-state index contributed by atoms with van der Waals surface area (Å²) in [5, 5.41) is 0. The Balaban J connectivity index is 2.10. The summed E-state index contributed by atoms with van der Waals surface area (Å²) in [6.07, 6.45) is 0. The van der Waals surface area contributed by atoms with E-state index in [1.807, 2.05) is 0 Å². The highest BCUT2D eigenvalue weighted by atomic mass is 19.1. The monoisotopic (exact) mass is 339 g/mol. The van der Waals surface area contributed by atoms with Crippen LogP contribution >= 0.6 is 0 Å². The van der Waals surface area contributed by atoms with Gasteiger partial charge < -0.3 is 9.80 Å². The number of para-hydroxylation sites is 1. The van der Waals surface area contributed by atoms with Crippen molar-refractivity contribution in [1.82, 2.24) is 9.80 Å². The molecule has 8 heteroatoms. The Kier molecular flexibility index (Phi) is 5.48. The van der Waals surface area contributed by atoms with Crippen molar-refractivity contribution in [3.8, 4) is 0 Å². The maximum Gasteiger partial charge on any atom is 0.242 e. The second kappa shape index (κ2) is 7.37. The van der Waals surface area contributed by atoms with E-state index >= 15 is 0 Å². The Hall–Kier alpha value is -2.51. The molecule has 24 heavy (non-hydrogen) atoms. The van der Waals surface area contributed by atoms with Gasteiger partial charge >= 0.3 is 0 Å². The van der Waals surface area contributed by atoms with Gasteiger partial charge in [0.05, 0.1) is 0 Å². The number of hydrogen-bond donors (Lipinski definition) is 0. The van der Waals surface area contributed by atoms with Crippen molar-refractivity contribution < 1.29 is 23.2 Å². The smallest absolute Gasteiger partial charge is 0.242 e. The van der Waals surface area contributed by atoms with Crippen LogP contribution in [-0.4, -0.2) is 60.2 Å². The summed E-state index contributed by atoms with van der Waals surface area (Å²) < 4.78 is 27.8. The zero-order chi connectivity index (χ0) is 17.9. The molecule has 0 aliphatic carbocycles. The largest absolute Gasteiger partial charge is 0.339 e. The Bertz CT molecular complexity index is 638. The third-order valence-corrected chi connectivity index (χ3v) is 3.96. The SMILES string of the molecule is CC(=O)N1CCN(C(=O)CN(C(C)=O)c2c(F)cccc2F)CC1.